The molecular formula is C18H25N5O4S. The second-order valence-electron chi connectivity index (χ2n) is 7.03. The number of urea groups is 1. The minimum absolute atomic E-state index is 0.0354. The lowest BCUT2D eigenvalue weighted by molar-refractivity contribution is -0.121. The van der Waals surface area contributed by atoms with Crippen LogP contribution in [0.15, 0.2) is 21.9 Å². The van der Waals surface area contributed by atoms with E-state index < -0.39 is 11.2 Å². The molecule has 3 amide bonds. The van der Waals surface area contributed by atoms with Crippen LogP contribution < -0.4 is 27.2 Å². The zero-order chi connectivity index (χ0) is 20.1. The molecule has 1 aromatic heterocycles. The molecule has 28 heavy (non-hydrogen) atoms. The fourth-order valence-electron chi connectivity index (χ4n) is 3.42. The molecule has 3 heterocycles. The Hall–Kier alpha value is -2.49. The quantitative estimate of drug-likeness (QED) is 0.355. The van der Waals surface area contributed by atoms with Gasteiger partial charge in [0.25, 0.3) is 5.56 Å². The summed E-state index contributed by atoms with van der Waals surface area (Å²) in [4.78, 5) is 48.4. The van der Waals surface area contributed by atoms with E-state index in [1.807, 2.05) is 11.8 Å². The summed E-state index contributed by atoms with van der Waals surface area (Å²) in [5.74, 6) is 0.908. The smallest absolute Gasteiger partial charge is 0.328 e. The van der Waals surface area contributed by atoms with Crippen LogP contribution in [0.5, 0.6) is 0 Å². The molecule has 10 heteroatoms. The Bertz CT molecular complexity index is 877. The minimum Gasteiger partial charge on any atom is -0.353 e. The second-order valence-corrected chi connectivity index (χ2v) is 8.30. The van der Waals surface area contributed by atoms with Crippen LogP contribution >= 0.6 is 11.8 Å². The second kappa shape index (κ2) is 9.13. The molecule has 0 saturated carbocycles. The maximum Gasteiger partial charge on any atom is 0.328 e. The van der Waals surface area contributed by atoms with Crippen molar-refractivity contribution in [3.05, 3.63) is 38.7 Å². The number of carbonyl (C=O) groups is 2. The molecule has 152 valence electrons. The van der Waals surface area contributed by atoms with Crippen LogP contribution in [0.3, 0.4) is 0 Å². The molecule has 2 saturated heterocycles. The van der Waals surface area contributed by atoms with Crippen molar-refractivity contribution in [2.45, 2.75) is 43.0 Å². The molecule has 0 radical (unpaired) electrons. The fraction of sp³-hybridized carbons (Fsp3) is 0.556. The molecule has 0 spiro atoms. The highest BCUT2D eigenvalue weighted by molar-refractivity contribution is 8.00. The Balaban J connectivity index is 1.32. The lowest BCUT2D eigenvalue weighted by atomic mass is 10.0. The number of carbonyl (C=O) groups excluding carboxylic acids is 2. The van der Waals surface area contributed by atoms with Crippen molar-refractivity contribution >= 4 is 29.8 Å². The van der Waals surface area contributed by atoms with E-state index >= 15 is 0 Å². The first-order valence-corrected chi connectivity index (χ1v) is 10.4. The van der Waals surface area contributed by atoms with Crippen LogP contribution in [0.2, 0.25) is 0 Å². The van der Waals surface area contributed by atoms with Gasteiger partial charge in [-0.1, -0.05) is 18.6 Å². The molecule has 3 atom stereocenters. The SMILES string of the molecule is Cn1cc(/C=C/CNC(=O)CCCCC2SCC3NC(=O)NC32)c(=O)[nH]c1=O. The van der Waals surface area contributed by atoms with Gasteiger partial charge in [-0.25, -0.2) is 9.59 Å². The molecule has 2 fully saturated rings. The third-order valence-corrected chi connectivity index (χ3v) is 6.44. The average molecular weight is 407 g/mol. The predicted octanol–water partition coefficient (Wildman–Crippen LogP) is -0.0712. The third-order valence-electron chi connectivity index (χ3n) is 4.93. The third kappa shape index (κ3) is 5.06. The van der Waals surface area contributed by atoms with Crippen molar-refractivity contribution in [1.82, 2.24) is 25.5 Å². The van der Waals surface area contributed by atoms with Crippen LogP contribution in [-0.2, 0) is 11.8 Å². The van der Waals surface area contributed by atoms with Gasteiger partial charge < -0.3 is 20.5 Å². The van der Waals surface area contributed by atoms with E-state index in [4.69, 9.17) is 0 Å². The number of unbranched alkanes of at least 4 members (excludes halogenated alkanes) is 1. The lowest BCUT2D eigenvalue weighted by Gasteiger charge is -2.16. The van der Waals surface area contributed by atoms with E-state index in [0.29, 0.717) is 23.8 Å². The van der Waals surface area contributed by atoms with Crippen molar-refractivity contribution in [2.75, 3.05) is 12.3 Å². The number of thioether (sulfide) groups is 1. The summed E-state index contributed by atoms with van der Waals surface area (Å²) in [5.41, 5.74) is -0.558. The molecule has 9 nitrogen and oxygen atoms in total. The topological polar surface area (TPSA) is 125 Å². The van der Waals surface area contributed by atoms with Gasteiger partial charge in [-0.05, 0) is 12.8 Å². The summed E-state index contributed by atoms with van der Waals surface area (Å²) >= 11 is 1.88. The van der Waals surface area contributed by atoms with Crippen molar-refractivity contribution in [2.24, 2.45) is 7.05 Å². The standard InChI is InChI=1S/C18H25N5O4S/c1-23-9-11(16(25)22-18(23)27)5-4-8-19-14(24)7-3-2-6-13-15-12(10-28-13)20-17(26)21-15/h4-5,9,12-13,15H,2-3,6-8,10H2,1H3,(H,19,24)(H2,20,21,26)(H,22,25,27)/b5-4+. The van der Waals surface area contributed by atoms with E-state index in [9.17, 15) is 19.2 Å². The van der Waals surface area contributed by atoms with E-state index in [2.05, 4.69) is 20.9 Å². The van der Waals surface area contributed by atoms with Crippen molar-refractivity contribution in [3.8, 4) is 0 Å². The average Bonchev–Trinajstić information content (AvgIpc) is 3.19. The van der Waals surface area contributed by atoms with E-state index in [1.165, 1.54) is 10.8 Å². The highest BCUT2D eigenvalue weighted by Gasteiger charge is 2.42. The van der Waals surface area contributed by atoms with Gasteiger partial charge in [0.2, 0.25) is 5.91 Å². The number of nitrogens with zero attached hydrogens (tertiary/aromatic N) is 1. The Morgan fingerprint density at radius 3 is 2.96 bits per heavy atom. The zero-order valence-corrected chi connectivity index (χ0v) is 16.5. The zero-order valence-electron chi connectivity index (χ0n) is 15.7. The van der Waals surface area contributed by atoms with Gasteiger partial charge >= 0.3 is 11.7 Å². The number of fused-ring (bicyclic) bond motifs is 1. The van der Waals surface area contributed by atoms with Crippen LogP contribution in [0, 0.1) is 0 Å². The van der Waals surface area contributed by atoms with Gasteiger partial charge in [-0.2, -0.15) is 11.8 Å². The number of nitrogens with one attached hydrogen (secondary N) is 4. The molecule has 1 aromatic rings. The Labute approximate surface area is 166 Å². The number of aromatic nitrogens is 2. The molecule has 0 bridgehead atoms. The number of hydrogen-bond donors (Lipinski definition) is 4. The number of aromatic amines is 1. The molecule has 3 rings (SSSR count). The lowest BCUT2D eigenvalue weighted by Crippen LogP contribution is -2.36. The largest absolute Gasteiger partial charge is 0.353 e. The van der Waals surface area contributed by atoms with Gasteiger partial charge in [-0.15, -0.1) is 0 Å². The van der Waals surface area contributed by atoms with Crippen LogP contribution in [0.25, 0.3) is 6.08 Å². The minimum atomic E-state index is -0.464. The van der Waals surface area contributed by atoms with Crippen LogP contribution in [0.4, 0.5) is 4.79 Å². The molecule has 3 unspecified atom stereocenters. The normalized spacial score (nSPS) is 23.5. The number of hydrogen-bond acceptors (Lipinski definition) is 5. The van der Waals surface area contributed by atoms with Crippen LogP contribution in [-0.4, -0.2) is 51.1 Å². The van der Waals surface area contributed by atoms with E-state index in [0.717, 1.165) is 25.0 Å². The maximum absolute atomic E-state index is 11.9. The summed E-state index contributed by atoms with van der Waals surface area (Å²) in [7, 11) is 1.55. The Morgan fingerprint density at radius 1 is 1.32 bits per heavy atom. The molecule has 4 N–H and O–H groups in total. The summed E-state index contributed by atoms with van der Waals surface area (Å²) in [6.45, 7) is 0.320. The highest BCUT2D eigenvalue weighted by atomic mass is 32.2. The molecule has 0 aromatic carbocycles. The number of H-pyrrole nitrogens is 1. The summed E-state index contributed by atoms with van der Waals surface area (Å²) in [6.07, 6.45) is 7.88. The Morgan fingerprint density at radius 2 is 2.14 bits per heavy atom. The first kappa shape index (κ1) is 20.2. The fourth-order valence-corrected chi connectivity index (χ4v) is 4.97. The summed E-state index contributed by atoms with van der Waals surface area (Å²) in [6, 6.07) is 0.362. The van der Waals surface area contributed by atoms with Crippen molar-refractivity contribution in [3.63, 3.8) is 0 Å². The van der Waals surface area contributed by atoms with Gasteiger partial charge in [-0.3, -0.25) is 14.6 Å². The number of amides is 3. The van der Waals surface area contributed by atoms with Gasteiger partial charge in [0.15, 0.2) is 0 Å². The number of rotatable bonds is 8. The molecule has 0 aliphatic carbocycles. The molecular weight excluding hydrogens is 382 g/mol. The monoisotopic (exact) mass is 407 g/mol. The Kier molecular flexibility index (Phi) is 6.61. The maximum atomic E-state index is 11.9. The predicted molar refractivity (Wildman–Crippen MR) is 108 cm³/mol. The number of aryl methyl sites for hydroxylation is 1. The molecule has 2 aliphatic heterocycles. The van der Waals surface area contributed by atoms with Gasteiger partial charge in [0, 0.05) is 37.2 Å². The molecule has 2 aliphatic rings. The first-order valence-electron chi connectivity index (χ1n) is 9.36. The van der Waals surface area contributed by atoms with E-state index in [-0.39, 0.29) is 24.0 Å². The summed E-state index contributed by atoms with van der Waals surface area (Å²) < 4.78 is 1.29. The summed E-state index contributed by atoms with van der Waals surface area (Å²) in [5, 5.41) is 9.10. The van der Waals surface area contributed by atoms with Crippen molar-refractivity contribution in [1.29, 1.82) is 0 Å². The highest BCUT2D eigenvalue weighted by Crippen LogP contribution is 2.33. The van der Waals surface area contributed by atoms with E-state index in [1.54, 1.807) is 19.2 Å². The van der Waals surface area contributed by atoms with Crippen LogP contribution in [0.1, 0.15) is 31.2 Å². The van der Waals surface area contributed by atoms with Gasteiger partial charge in [0.05, 0.1) is 17.6 Å². The van der Waals surface area contributed by atoms with Gasteiger partial charge in [0.1, 0.15) is 0 Å². The first-order chi connectivity index (χ1) is 13.4. The van der Waals surface area contributed by atoms with Crippen molar-refractivity contribution < 1.29 is 9.59 Å².